The van der Waals surface area contributed by atoms with Gasteiger partial charge in [0.05, 0.1) is 6.04 Å². The van der Waals surface area contributed by atoms with E-state index in [-0.39, 0.29) is 35.8 Å². The van der Waals surface area contributed by atoms with Crippen LogP contribution in [-0.2, 0) is 16.0 Å². The Bertz CT molecular complexity index is 1390. The molecule has 1 aromatic carbocycles. The van der Waals surface area contributed by atoms with Gasteiger partial charge in [-0.25, -0.2) is 15.0 Å². The summed E-state index contributed by atoms with van der Waals surface area (Å²) in [5.41, 5.74) is 1.01. The zero-order chi connectivity index (χ0) is 27.5. The van der Waals surface area contributed by atoms with Crippen molar-refractivity contribution >= 4 is 35.2 Å². The molecular formula is C26H29N7O5S. The van der Waals surface area contributed by atoms with Gasteiger partial charge in [-0.05, 0) is 29.9 Å². The zero-order valence-electron chi connectivity index (χ0n) is 21.7. The maximum absolute atomic E-state index is 13.3. The van der Waals surface area contributed by atoms with E-state index in [4.69, 9.17) is 9.15 Å². The number of aliphatic imine (C=N–C) groups is 1. The molecule has 0 unspecified atom stereocenters. The molecule has 0 radical (unpaired) electrons. The summed E-state index contributed by atoms with van der Waals surface area (Å²) >= 11 is 1.05. The van der Waals surface area contributed by atoms with E-state index in [1.54, 1.807) is 6.92 Å². The molecule has 2 aliphatic heterocycles. The lowest BCUT2D eigenvalue weighted by Crippen LogP contribution is -2.43. The highest BCUT2D eigenvalue weighted by atomic mass is 32.1. The van der Waals surface area contributed by atoms with Gasteiger partial charge in [0.15, 0.2) is 11.7 Å². The summed E-state index contributed by atoms with van der Waals surface area (Å²) in [6, 6.07) is 6.98. The molecule has 2 aromatic heterocycles. The minimum Gasteiger partial charge on any atom is -0.477 e. The van der Waals surface area contributed by atoms with Crippen molar-refractivity contribution in [2.45, 2.75) is 57.8 Å². The summed E-state index contributed by atoms with van der Waals surface area (Å²) in [6.45, 7) is 5.70. The zero-order valence-corrected chi connectivity index (χ0v) is 22.5. The minimum absolute atomic E-state index is 0.00278. The van der Waals surface area contributed by atoms with Crippen LogP contribution in [0.5, 0.6) is 0 Å². The predicted octanol–water partition coefficient (Wildman–Crippen LogP) is 2.37. The third kappa shape index (κ3) is 5.82. The van der Waals surface area contributed by atoms with Crippen LogP contribution in [0.25, 0.3) is 0 Å². The highest BCUT2D eigenvalue weighted by Gasteiger charge is 2.34. The van der Waals surface area contributed by atoms with Gasteiger partial charge in [-0.15, -0.1) is 0 Å². The van der Waals surface area contributed by atoms with Crippen LogP contribution in [0.4, 0.5) is 0 Å². The monoisotopic (exact) mass is 551 g/mol. The Morgan fingerprint density at radius 3 is 2.64 bits per heavy atom. The second kappa shape index (κ2) is 11.3. The van der Waals surface area contributed by atoms with Crippen LogP contribution in [0.3, 0.4) is 0 Å². The molecule has 39 heavy (non-hydrogen) atoms. The first-order valence-corrected chi connectivity index (χ1v) is 13.5. The maximum atomic E-state index is 13.3. The first-order valence-electron chi connectivity index (χ1n) is 12.8. The lowest BCUT2D eigenvalue weighted by atomic mass is 9.99. The first-order chi connectivity index (χ1) is 18.8. The normalized spacial score (nSPS) is 24.4. The fourth-order valence-corrected chi connectivity index (χ4v) is 5.14. The molecule has 0 fully saturated rings. The van der Waals surface area contributed by atoms with E-state index in [2.05, 4.69) is 35.3 Å². The van der Waals surface area contributed by atoms with Crippen LogP contribution in [0.2, 0.25) is 0 Å². The van der Waals surface area contributed by atoms with Gasteiger partial charge in [0.25, 0.3) is 11.8 Å². The number of hydrogen-bond acceptors (Lipinski definition) is 10. The van der Waals surface area contributed by atoms with Crippen LogP contribution >= 0.6 is 11.5 Å². The topological polar surface area (TPSA) is 161 Å². The van der Waals surface area contributed by atoms with Gasteiger partial charge in [-0.3, -0.25) is 14.4 Å². The van der Waals surface area contributed by atoms with Crippen molar-refractivity contribution in [1.82, 2.24) is 30.3 Å². The van der Waals surface area contributed by atoms with Crippen LogP contribution in [0.15, 0.2) is 46.0 Å². The van der Waals surface area contributed by atoms with Gasteiger partial charge in [-0.1, -0.05) is 50.6 Å². The molecule has 2 aliphatic rings. The van der Waals surface area contributed by atoms with Crippen molar-refractivity contribution in [2.75, 3.05) is 6.61 Å². The highest BCUT2D eigenvalue weighted by Crippen LogP contribution is 2.27. The number of rotatable bonds is 4. The Hall–Kier alpha value is -4.13. The number of nitrogens with one attached hydrogen (secondary N) is 3. The Morgan fingerprint density at radius 2 is 1.87 bits per heavy atom. The standard InChI is InChI=1S/C26H29N7O5S/c1-4-13(2)19-26-32-20(33-39-26)23(36)28-16(10-15-8-6-5-7-9-15)25-30-17(12-38-25)21(34)27-14(3)24-29-18(11-37-24)22(35)31-19/h5-9,11,13-14,16-17,19H,4,10,12H2,1-3H3,(H,27,34)(H,28,36)(H,31,35)/t13-,14-,16+,17+,19+/m0/s1. The third-order valence-corrected chi connectivity index (χ3v) is 7.55. The molecule has 5 atom stereocenters. The summed E-state index contributed by atoms with van der Waals surface area (Å²) in [5.74, 6) is -0.959. The SMILES string of the molecule is CC[C@H](C)[C@H]1NC(=O)c2coc(n2)[C@H](C)NC(=O)[C@H]2COC(=N2)[C@@H](Cc2ccccc2)NC(=O)c2nsc1n2. The predicted molar refractivity (Wildman–Crippen MR) is 141 cm³/mol. The second-order valence-electron chi connectivity index (χ2n) is 9.60. The van der Waals surface area contributed by atoms with E-state index in [0.717, 1.165) is 23.5 Å². The van der Waals surface area contributed by atoms with Crippen LogP contribution in [0.1, 0.15) is 76.8 Å². The van der Waals surface area contributed by atoms with Crippen molar-refractivity contribution in [3.63, 3.8) is 0 Å². The van der Waals surface area contributed by atoms with Crippen molar-refractivity contribution in [3.8, 4) is 0 Å². The first kappa shape index (κ1) is 26.5. The molecule has 6 bridgehead atoms. The molecule has 5 rings (SSSR count). The van der Waals surface area contributed by atoms with Crippen LogP contribution < -0.4 is 16.0 Å². The van der Waals surface area contributed by atoms with Crippen molar-refractivity contribution in [1.29, 1.82) is 0 Å². The maximum Gasteiger partial charge on any atom is 0.290 e. The van der Waals surface area contributed by atoms with Gasteiger partial charge >= 0.3 is 0 Å². The Morgan fingerprint density at radius 1 is 1.08 bits per heavy atom. The molecule has 0 saturated carbocycles. The lowest BCUT2D eigenvalue weighted by Gasteiger charge is -2.21. The molecule has 204 valence electrons. The molecule has 0 saturated heterocycles. The summed E-state index contributed by atoms with van der Waals surface area (Å²) in [5, 5.41) is 9.19. The van der Waals surface area contributed by atoms with Gasteiger partial charge in [-0.2, -0.15) is 4.37 Å². The Labute approximate surface area is 228 Å². The molecule has 0 aliphatic carbocycles. The highest BCUT2D eigenvalue weighted by molar-refractivity contribution is 7.05. The molecule has 12 nitrogen and oxygen atoms in total. The number of ether oxygens (including phenoxy) is 1. The molecule has 3 N–H and O–H groups in total. The molecule has 13 heteroatoms. The smallest absolute Gasteiger partial charge is 0.290 e. The average molecular weight is 552 g/mol. The fourth-order valence-electron chi connectivity index (χ4n) is 4.30. The number of amides is 3. The summed E-state index contributed by atoms with van der Waals surface area (Å²) in [4.78, 5) is 52.6. The number of carbonyl (C=O) groups excluding carboxylic acids is 3. The number of oxazole rings is 1. The van der Waals surface area contributed by atoms with E-state index < -0.39 is 41.9 Å². The van der Waals surface area contributed by atoms with E-state index in [0.29, 0.717) is 11.4 Å². The second-order valence-corrected chi connectivity index (χ2v) is 10.4. The number of fused-ring (bicyclic) bond motifs is 5. The van der Waals surface area contributed by atoms with E-state index in [1.807, 2.05) is 44.2 Å². The van der Waals surface area contributed by atoms with Crippen molar-refractivity contribution < 1.29 is 23.5 Å². The third-order valence-electron chi connectivity index (χ3n) is 6.76. The number of benzene rings is 1. The van der Waals surface area contributed by atoms with E-state index in [1.165, 1.54) is 6.26 Å². The van der Waals surface area contributed by atoms with Gasteiger partial charge < -0.3 is 25.1 Å². The number of aromatic nitrogens is 3. The quantitative estimate of drug-likeness (QED) is 0.445. The van der Waals surface area contributed by atoms with Crippen molar-refractivity contribution in [3.05, 3.63) is 64.6 Å². The molecule has 0 spiro atoms. The average Bonchev–Trinajstić information content (AvgIpc) is 3.72. The summed E-state index contributed by atoms with van der Waals surface area (Å²) < 4.78 is 15.6. The Balaban J connectivity index is 1.51. The molecule has 3 amide bonds. The molecule has 3 aromatic rings. The molecular weight excluding hydrogens is 522 g/mol. The van der Waals surface area contributed by atoms with Gasteiger partial charge in [0, 0.05) is 6.42 Å². The summed E-state index contributed by atoms with van der Waals surface area (Å²) in [6.07, 6.45) is 2.38. The number of nitrogens with zero attached hydrogens (tertiary/aromatic N) is 4. The molecule has 4 heterocycles. The minimum atomic E-state index is -0.825. The lowest BCUT2D eigenvalue weighted by molar-refractivity contribution is -0.123. The van der Waals surface area contributed by atoms with Gasteiger partial charge in [0.2, 0.25) is 23.5 Å². The Kier molecular flexibility index (Phi) is 7.68. The summed E-state index contributed by atoms with van der Waals surface area (Å²) in [7, 11) is 0. The van der Waals surface area contributed by atoms with Gasteiger partial charge in [0.1, 0.15) is 30.0 Å². The van der Waals surface area contributed by atoms with E-state index in [9.17, 15) is 14.4 Å². The number of carbonyl (C=O) groups is 3. The van der Waals surface area contributed by atoms with E-state index >= 15 is 0 Å². The fraction of sp³-hybridized carbons (Fsp3) is 0.423. The van der Waals surface area contributed by atoms with Crippen LogP contribution in [0, 0.1) is 5.92 Å². The number of hydrogen-bond donors (Lipinski definition) is 3. The van der Waals surface area contributed by atoms with Crippen molar-refractivity contribution in [2.24, 2.45) is 10.9 Å². The largest absolute Gasteiger partial charge is 0.477 e. The van der Waals surface area contributed by atoms with Crippen LogP contribution in [-0.4, -0.2) is 56.7 Å².